The van der Waals surface area contributed by atoms with Crippen LogP contribution in [0.4, 0.5) is 0 Å². The number of rotatable bonds is 4. The number of phenolic OH excluding ortho intramolecular Hbond substituents is 1. The van der Waals surface area contributed by atoms with Crippen LogP contribution < -0.4 is 11.5 Å². The molecular weight excluding hydrogens is 458 g/mol. The van der Waals surface area contributed by atoms with Crippen LogP contribution >= 0.6 is 0 Å². The SMILES string of the molecule is CC(=O)c1cc(CN)c(O)c2c1C[C@@H]1C[C@@H]3[C@@H](N(C)C)C(O)C(C(N)=O)C(=O)[C@]3(O)C(=O)C1C2=O. The first-order valence-electron chi connectivity index (χ1n) is 11.4. The molecule has 0 bridgehead atoms. The summed E-state index contributed by atoms with van der Waals surface area (Å²) in [7, 11) is 3.14. The number of primary amides is 1. The van der Waals surface area contributed by atoms with Crippen molar-refractivity contribution in [3.05, 3.63) is 28.3 Å². The Hall–Kier alpha value is -2.99. The van der Waals surface area contributed by atoms with Crippen molar-refractivity contribution in [2.24, 2.45) is 35.1 Å². The number of benzene rings is 1. The second kappa shape index (κ2) is 8.30. The molecule has 1 amide bonds. The Morgan fingerprint density at radius 3 is 2.34 bits per heavy atom. The van der Waals surface area contributed by atoms with Crippen LogP contribution in [0.3, 0.4) is 0 Å². The van der Waals surface area contributed by atoms with Gasteiger partial charge in [0.25, 0.3) is 0 Å². The van der Waals surface area contributed by atoms with Gasteiger partial charge in [0, 0.05) is 29.6 Å². The van der Waals surface area contributed by atoms with Crippen LogP contribution in [0.1, 0.15) is 45.2 Å². The van der Waals surface area contributed by atoms with Gasteiger partial charge in [-0.3, -0.25) is 24.0 Å². The minimum atomic E-state index is -2.73. The van der Waals surface area contributed by atoms with Gasteiger partial charge >= 0.3 is 0 Å². The highest BCUT2D eigenvalue weighted by molar-refractivity contribution is 6.26. The molecule has 3 aliphatic carbocycles. The number of aromatic hydroxyl groups is 1. The maximum Gasteiger partial charge on any atom is 0.230 e. The van der Waals surface area contributed by atoms with E-state index in [9.17, 15) is 39.3 Å². The summed E-state index contributed by atoms with van der Waals surface area (Å²) in [5, 5.41) is 33.2. The standard InChI is InChI=1S/C24H29N3O8/c1-8(28)11-5-10(7-25)18(29)15-12(11)4-9-6-13-17(27(2)3)20(31)16(23(26)34)22(33)24(13,35)21(32)14(9)19(15)30/h5,9,13-14,16-17,20,29,31,35H,4,6-7,25H2,1-3H3,(H2,26,34)/t9-,13-,14?,16?,17-,20?,24-/m1/s1. The largest absolute Gasteiger partial charge is 0.507 e. The first-order chi connectivity index (χ1) is 16.3. The van der Waals surface area contributed by atoms with Gasteiger partial charge in [-0.2, -0.15) is 0 Å². The molecule has 7 atom stereocenters. The van der Waals surface area contributed by atoms with Crippen molar-refractivity contribution >= 4 is 29.0 Å². The molecule has 0 spiro atoms. The van der Waals surface area contributed by atoms with Gasteiger partial charge < -0.3 is 31.7 Å². The fourth-order valence-electron chi connectivity index (χ4n) is 6.41. The van der Waals surface area contributed by atoms with Gasteiger partial charge in [0.1, 0.15) is 11.7 Å². The molecule has 0 aromatic heterocycles. The predicted molar refractivity (Wildman–Crippen MR) is 120 cm³/mol. The Morgan fingerprint density at radius 2 is 1.83 bits per heavy atom. The second-order valence-electron chi connectivity index (χ2n) is 10.0. The molecule has 0 heterocycles. The summed E-state index contributed by atoms with van der Waals surface area (Å²) < 4.78 is 0. The third-order valence-electron chi connectivity index (χ3n) is 7.97. The average molecular weight is 488 g/mol. The fourth-order valence-corrected chi connectivity index (χ4v) is 6.41. The van der Waals surface area contributed by atoms with Crippen molar-refractivity contribution in [3.8, 4) is 5.75 Å². The van der Waals surface area contributed by atoms with Crippen molar-refractivity contribution in [2.45, 2.75) is 44.1 Å². The number of Topliss-reactive ketones (excluding diaryl/α,β-unsaturated/α-hetero) is 4. The molecule has 3 unspecified atom stereocenters. The lowest BCUT2D eigenvalue weighted by Crippen LogP contribution is -2.75. The number of carbonyl (C=O) groups excluding carboxylic acids is 5. The smallest absolute Gasteiger partial charge is 0.230 e. The lowest BCUT2D eigenvalue weighted by atomic mass is 9.52. The summed E-state index contributed by atoms with van der Waals surface area (Å²) in [4.78, 5) is 66.6. The molecule has 35 heavy (non-hydrogen) atoms. The Kier molecular flexibility index (Phi) is 5.95. The molecule has 1 aromatic carbocycles. The van der Waals surface area contributed by atoms with E-state index in [0.717, 1.165) is 0 Å². The van der Waals surface area contributed by atoms with Gasteiger partial charge in [0.15, 0.2) is 28.7 Å². The van der Waals surface area contributed by atoms with Crippen molar-refractivity contribution in [2.75, 3.05) is 14.1 Å². The molecule has 2 fully saturated rings. The summed E-state index contributed by atoms with van der Waals surface area (Å²) >= 11 is 0. The monoisotopic (exact) mass is 487 g/mol. The van der Waals surface area contributed by atoms with E-state index in [2.05, 4.69) is 0 Å². The van der Waals surface area contributed by atoms with Crippen LogP contribution in [0.25, 0.3) is 0 Å². The average Bonchev–Trinajstić information content (AvgIpc) is 2.75. The minimum Gasteiger partial charge on any atom is -0.507 e. The maximum absolute atomic E-state index is 13.8. The molecule has 4 rings (SSSR count). The topological polar surface area (TPSA) is 201 Å². The van der Waals surface area contributed by atoms with Crippen molar-refractivity contribution in [3.63, 3.8) is 0 Å². The molecule has 0 aliphatic heterocycles. The zero-order valence-corrected chi connectivity index (χ0v) is 19.6. The molecule has 2 saturated carbocycles. The van der Waals surface area contributed by atoms with Crippen molar-refractivity contribution < 1.29 is 39.3 Å². The van der Waals surface area contributed by atoms with Gasteiger partial charge in [0.05, 0.1) is 17.6 Å². The van der Waals surface area contributed by atoms with Crippen LogP contribution in [0, 0.1) is 23.7 Å². The number of nitrogens with two attached hydrogens (primary N) is 2. The van der Waals surface area contributed by atoms with E-state index in [1.165, 1.54) is 17.9 Å². The molecule has 0 saturated heterocycles. The molecular formula is C24H29N3O8. The third kappa shape index (κ3) is 3.29. The highest BCUT2D eigenvalue weighted by atomic mass is 16.3. The van der Waals surface area contributed by atoms with Crippen LogP contribution in [0.15, 0.2) is 6.07 Å². The number of nitrogens with zero attached hydrogens (tertiary/aromatic N) is 1. The number of ketones is 4. The second-order valence-corrected chi connectivity index (χ2v) is 10.0. The molecule has 188 valence electrons. The summed E-state index contributed by atoms with van der Waals surface area (Å²) in [6.45, 7) is 1.15. The number of fused-ring (bicyclic) bond motifs is 3. The van der Waals surface area contributed by atoms with Crippen LogP contribution in [-0.2, 0) is 27.3 Å². The number of hydrogen-bond acceptors (Lipinski definition) is 10. The number of amides is 1. The van der Waals surface area contributed by atoms with Gasteiger partial charge in [-0.1, -0.05) is 0 Å². The molecule has 7 N–H and O–H groups in total. The lowest BCUT2D eigenvalue weighted by molar-refractivity contribution is -0.190. The number of hydrogen-bond donors (Lipinski definition) is 5. The van der Waals surface area contributed by atoms with Gasteiger partial charge in [-0.05, 0) is 51.4 Å². The Bertz CT molecular complexity index is 1180. The molecule has 1 aromatic rings. The Balaban J connectivity index is 1.91. The molecule has 3 aliphatic rings. The van der Waals surface area contributed by atoms with E-state index >= 15 is 0 Å². The van der Waals surface area contributed by atoms with Crippen LogP contribution in [0.2, 0.25) is 0 Å². The van der Waals surface area contributed by atoms with Gasteiger partial charge in [0.2, 0.25) is 5.91 Å². The number of likely N-dealkylation sites (N-methyl/N-ethyl adjacent to an activating group) is 1. The highest BCUT2D eigenvalue weighted by Gasteiger charge is 2.69. The normalized spacial score (nSPS) is 34.3. The molecule has 11 nitrogen and oxygen atoms in total. The lowest BCUT2D eigenvalue weighted by Gasteiger charge is -2.54. The predicted octanol–water partition coefficient (Wildman–Crippen LogP) is -1.68. The van der Waals surface area contributed by atoms with E-state index in [4.69, 9.17) is 11.5 Å². The van der Waals surface area contributed by atoms with Crippen LogP contribution in [0.5, 0.6) is 5.75 Å². The summed E-state index contributed by atoms with van der Waals surface area (Å²) in [5.74, 6) is -10.3. The Morgan fingerprint density at radius 1 is 1.20 bits per heavy atom. The molecule has 11 heteroatoms. The minimum absolute atomic E-state index is 0.0219. The first-order valence-corrected chi connectivity index (χ1v) is 11.4. The van der Waals surface area contributed by atoms with Gasteiger partial charge in [-0.25, -0.2) is 0 Å². The third-order valence-corrected chi connectivity index (χ3v) is 7.97. The quantitative estimate of drug-likeness (QED) is 0.241. The molecule has 0 radical (unpaired) electrons. The van der Waals surface area contributed by atoms with E-state index in [1.54, 1.807) is 14.1 Å². The van der Waals surface area contributed by atoms with Crippen molar-refractivity contribution in [1.82, 2.24) is 4.90 Å². The van der Waals surface area contributed by atoms with E-state index in [-0.39, 0.29) is 47.4 Å². The van der Waals surface area contributed by atoms with E-state index in [1.807, 2.05) is 0 Å². The summed E-state index contributed by atoms with van der Waals surface area (Å²) in [5.41, 5.74) is 8.73. The maximum atomic E-state index is 13.8. The highest BCUT2D eigenvalue weighted by Crippen LogP contribution is 2.52. The number of aliphatic hydroxyl groups is 2. The van der Waals surface area contributed by atoms with E-state index < -0.39 is 70.4 Å². The number of carbonyl (C=O) groups is 5. The number of aliphatic hydroxyl groups excluding tert-OH is 1. The van der Waals surface area contributed by atoms with Crippen molar-refractivity contribution in [1.29, 1.82) is 0 Å². The van der Waals surface area contributed by atoms with E-state index in [0.29, 0.717) is 0 Å². The number of phenols is 1. The zero-order valence-electron chi connectivity index (χ0n) is 19.6. The first kappa shape index (κ1) is 25.1. The Labute approximate surface area is 201 Å². The summed E-state index contributed by atoms with van der Waals surface area (Å²) in [6, 6.07) is 0.441. The van der Waals surface area contributed by atoms with Crippen LogP contribution in [-0.4, -0.2) is 81.1 Å². The zero-order chi connectivity index (χ0) is 26.1. The van der Waals surface area contributed by atoms with Gasteiger partial charge in [-0.15, -0.1) is 0 Å². The fraction of sp³-hybridized carbons (Fsp3) is 0.542. The summed E-state index contributed by atoms with van der Waals surface area (Å²) in [6.07, 6.45) is -1.53.